The molecule has 2 aromatic heterocycles. The highest BCUT2D eigenvalue weighted by molar-refractivity contribution is 8.00. The third kappa shape index (κ3) is 4.88. The number of carbonyl (C=O) groups is 1. The fourth-order valence-electron chi connectivity index (χ4n) is 2.96. The van der Waals surface area contributed by atoms with Crippen LogP contribution in [0, 0.1) is 22.7 Å². The number of hydrogen-bond acceptors (Lipinski definition) is 8. The monoisotopic (exact) mass is 448 g/mol. The molecule has 9 nitrogen and oxygen atoms in total. The number of amides is 1. The van der Waals surface area contributed by atoms with Gasteiger partial charge in [0.25, 0.3) is 6.20 Å². The van der Waals surface area contributed by atoms with Crippen molar-refractivity contribution < 1.29 is 14.0 Å². The molecule has 0 aliphatic carbocycles. The van der Waals surface area contributed by atoms with E-state index in [-0.39, 0.29) is 45.6 Å². The van der Waals surface area contributed by atoms with Crippen molar-refractivity contribution in [1.82, 2.24) is 10.3 Å². The van der Waals surface area contributed by atoms with Crippen LogP contribution >= 0.6 is 11.8 Å². The van der Waals surface area contributed by atoms with Crippen molar-refractivity contribution in [2.75, 3.05) is 16.8 Å². The largest absolute Gasteiger partial charge is 0.383 e. The van der Waals surface area contributed by atoms with Gasteiger partial charge in [-0.3, -0.25) is 14.6 Å². The summed E-state index contributed by atoms with van der Waals surface area (Å²) >= 11 is 1.06. The number of nitriles is 2. The first-order chi connectivity index (χ1) is 15.4. The molecule has 1 amide bonds. The van der Waals surface area contributed by atoms with Crippen molar-refractivity contribution in [3.63, 3.8) is 0 Å². The molecule has 2 heterocycles. The fourth-order valence-corrected chi connectivity index (χ4v) is 3.76. The predicted molar refractivity (Wildman–Crippen MR) is 119 cm³/mol. The van der Waals surface area contributed by atoms with Crippen LogP contribution in [-0.4, -0.2) is 21.9 Å². The fraction of sp³-hybridized carbons (Fsp3) is 0.273. The van der Waals surface area contributed by atoms with Crippen LogP contribution in [-0.2, 0) is 11.2 Å². The topological polar surface area (TPSA) is 146 Å². The van der Waals surface area contributed by atoms with Crippen molar-refractivity contribution >= 4 is 29.4 Å². The van der Waals surface area contributed by atoms with Gasteiger partial charge in [-0.2, -0.15) is 10.5 Å². The Hall–Kier alpha value is -3.89. The van der Waals surface area contributed by atoms with Gasteiger partial charge in [-0.05, 0) is 36.1 Å². The van der Waals surface area contributed by atoms with Crippen LogP contribution in [0.5, 0.6) is 0 Å². The number of pyridine rings is 1. The van der Waals surface area contributed by atoms with Crippen molar-refractivity contribution in [3.05, 3.63) is 47.2 Å². The zero-order valence-electron chi connectivity index (χ0n) is 17.9. The maximum Gasteiger partial charge on any atom is 0.302 e. The van der Waals surface area contributed by atoms with Crippen LogP contribution < -0.4 is 15.7 Å². The van der Waals surface area contributed by atoms with Crippen LogP contribution in [0.25, 0.3) is 11.1 Å². The maximum atomic E-state index is 12.4. The van der Waals surface area contributed by atoms with Gasteiger partial charge >= 0.3 is 5.88 Å². The molecule has 0 radical (unpaired) electrons. The second-order valence-electron chi connectivity index (χ2n) is 7.18. The second-order valence-corrected chi connectivity index (χ2v) is 8.14. The molecule has 10 heteroatoms. The van der Waals surface area contributed by atoms with Crippen LogP contribution in [0.4, 0.5) is 11.7 Å². The molecule has 0 fully saturated rings. The van der Waals surface area contributed by atoms with Crippen molar-refractivity contribution in [1.29, 1.82) is 10.5 Å². The maximum absolute atomic E-state index is 12.4. The Balaban J connectivity index is 1.88. The second kappa shape index (κ2) is 9.94. The Labute approximate surface area is 189 Å². The van der Waals surface area contributed by atoms with E-state index in [0.717, 1.165) is 23.7 Å². The van der Waals surface area contributed by atoms with Gasteiger partial charge in [-0.1, -0.05) is 43.0 Å². The lowest BCUT2D eigenvalue weighted by Gasteiger charge is -2.13. The molecule has 0 saturated carbocycles. The first-order valence-corrected chi connectivity index (χ1v) is 10.9. The highest BCUT2D eigenvalue weighted by Gasteiger charge is 2.22. The van der Waals surface area contributed by atoms with E-state index in [0.29, 0.717) is 11.1 Å². The number of nitrogens with two attached hydrogens (primary N) is 1. The number of aryl methyl sites for hydroxylation is 1. The molecule has 0 saturated heterocycles. The average molecular weight is 449 g/mol. The summed E-state index contributed by atoms with van der Waals surface area (Å²) in [7, 11) is 0. The van der Waals surface area contributed by atoms with E-state index in [1.54, 1.807) is 10.9 Å². The number of aromatic nitrogens is 3. The van der Waals surface area contributed by atoms with Gasteiger partial charge in [0.05, 0.1) is 11.3 Å². The van der Waals surface area contributed by atoms with E-state index in [9.17, 15) is 15.3 Å². The van der Waals surface area contributed by atoms with E-state index in [4.69, 9.17) is 10.3 Å². The molecule has 0 aliphatic rings. The van der Waals surface area contributed by atoms with E-state index in [1.807, 2.05) is 45.0 Å². The number of nitrogens with zero attached hydrogens (tertiary/aromatic N) is 5. The SMILES string of the molecule is CCc1ccc(-c2c(C#N)c(N)nc(SCC(=O)Nc3c[n+](C(C)C)no3)c2C#N)cc1. The van der Waals surface area contributed by atoms with Crippen molar-refractivity contribution in [2.24, 2.45) is 0 Å². The molecule has 0 atom stereocenters. The highest BCUT2D eigenvalue weighted by Crippen LogP contribution is 2.35. The Kier molecular flexibility index (Phi) is 7.08. The summed E-state index contributed by atoms with van der Waals surface area (Å²) in [5, 5.41) is 26.2. The summed E-state index contributed by atoms with van der Waals surface area (Å²) in [5.41, 5.74) is 8.61. The quantitative estimate of drug-likeness (QED) is 0.414. The lowest BCUT2D eigenvalue weighted by atomic mass is 9.96. The number of rotatable bonds is 7. The van der Waals surface area contributed by atoms with E-state index >= 15 is 0 Å². The zero-order chi connectivity index (χ0) is 23.3. The first kappa shape index (κ1) is 22.8. The van der Waals surface area contributed by atoms with E-state index in [2.05, 4.69) is 27.7 Å². The summed E-state index contributed by atoms with van der Waals surface area (Å²) in [5.74, 6) is -0.167. The lowest BCUT2D eigenvalue weighted by Crippen LogP contribution is -2.36. The molecule has 3 rings (SSSR count). The standard InChI is InChI=1S/C22H21N7O2S/c1-4-14-5-7-15(8-6-14)20-16(9-23)21(25)27-22(17(20)10-24)32-12-18(30)26-19-11-29(13(2)3)28-31-19/h5-8,11,13H,4,12H2,1-3H3,(H2-,25,26,27,28,30)/p+1. The summed E-state index contributed by atoms with van der Waals surface area (Å²) in [6, 6.07) is 11.9. The molecule has 3 aromatic rings. The minimum Gasteiger partial charge on any atom is -0.383 e. The van der Waals surface area contributed by atoms with Crippen LogP contribution in [0.1, 0.15) is 43.5 Å². The summed E-state index contributed by atoms with van der Waals surface area (Å²) in [6.07, 6.45) is 2.46. The van der Waals surface area contributed by atoms with E-state index in [1.165, 1.54) is 0 Å². The molecule has 0 bridgehead atoms. The van der Waals surface area contributed by atoms with Gasteiger partial charge in [-0.25, -0.2) is 4.98 Å². The third-order valence-electron chi connectivity index (χ3n) is 4.68. The van der Waals surface area contributed by atoms with Gasteiger partial charge in [0.2, 0.25) is 11.2 Å². The molecular formula is C22H22N7O2S+. The van der Waals surface area contributed by atoms with Gasteiger partial charge < -0.3 is 5.73 Å². The number of hydrogen-bond donors (Lipinski definition) is 2. The Morgan fingerprint density at radius 2 is 1.94 bits per heavy atom. The molecule has 162 valence electrons. The zero-order valence-corrected chi connectivity index (χ0v) is 18.7. The lowest BCUT2D eigenvalue weighted by molar-refractivity contribution is -0.779. The van der Waals surface area contributed by atoms with Crippen molar-refractivity contribution in [2.45, 2.75) is 38.3 Å². The summed E-state index contributed by atoms with van der Waals surface area (Å²) in [4.78, 5) is 16.6. The van der Waals surface area contributed by atoms with Crippen molar-refractivity contribution in [3.8, 4) is 23.3 Å². The molecule has 0 unspecified atom stereocenters. The molecular weight excluding hydrogens is 426 g/mol. The summed E-state index contributed by atoms with van der Waals surface area (Å²) in [6.45, 7) is 5.91. The molecule has 0 spiro atoms. The average Bonchev–Trinajstić information content (AvgIpc) is 3.26. The van der Waals surface area contributed by atoms with Crippen LogP contribution in [0.2, 0.25) is 0 Å². The Bertz CT molecular complexity index is 1220. The van der Waals surface area contributed by atoms with Gasteiger partial charge in [-0.15, -0.1) is 0 Å². The minimum absolute atomic E-state index is 0.0113. The molecule has 1 aromatic carbocycles. The van der Waals surface area contributed by atoms with Crippen LogP contribution in [0.15, 0.2) is 40.0 Å². The third-order valence-corrected chi connectivity index (χ3v) is 5.66. The number of nitrogen functional groups attached to an aromatic ring is 1. The number of nitrogens with one attached hydrogen (secondary N) is 1. The highest BCUT2D eigenvalue weighted by atomic mass is 32.2. The number of benzene rings is 1. The van der Waals surface area contributed by atoms with Gasteiger partial charge in [0.15, 0.2) is 6.04 Å². The predicted octanol–water partition coefficient (Wildman–Crippen LogP) is 3.22. The Morgan fingerprint density at radius 3 is 2.50 bits per heavy atom. The minimum atomic E-state index is -0.357. The van der Waals surface area contributed by atoms with Crippen LogP contribution in [0.3, 0.4) is 0 Å². The molecule has 32 heavy (non-hydrogen) atoms. The summed E-state index contributed by atoms with van der Waals surface area (Å²) < 4.78 is 6.67. The smallest absolute Gasteiger partial charge is 0.302 e. The van der Waals surface area contributed by atoms with Gasteiger partial charge in [0, 0.05) is 5.56 Å². The van der Waals surface area contributed by atoms with Gasteiger partial charge in [0.1, 0.15) is 28.5 Å². The number of thioether (sulfide) groups is 1. The molecule has 0 aliphatic heterocycles. The normalized spacial score (nSPS) is 10.6. The number of carbonyl (C=O) groups excluding carboxylic acids is 1. The first-order valence-electron chi connectivity index (χ1n) is 9.91. The molecule has 3 N–H and O–H groups in total. The number of anilines is 2. The Morgan fingerprint density at radius 1 is 1.25 bits per heavy atom. The van der Waals surface area contributed by atoms with E-state index < -0.39 is 0 Å².